The van der Waals surface area contributed by atoms with Crippen LogP contribution in [0, 0.1) is 0 Å². The van der Waals surface area contributed by atoms with Crippen LogP contribution in [-0.4, -0.2) is 0 Å². The van der Waals surface area contributed by atoms with E-state index >= 15 is 0 Å². The van der Waals surface area contributed by atoms with E-state index in [9.17, 15) is 0 Å². The Hall–Kier alpha value is 0.813. The standard InChI is InChI=1S/C13H19.2ClH.Zr/c1-10(2)12-7-8-13(9-12)11-5-3-4-6-11;;;/h7-11H,3-6H2,1-2H3;2*1H;/q-1;;;+3/p-2. The van der Waals surface area contributed by atoms with Crippen LogP contribution in [0.1, 0.15) is 62.5 Å². The Morgan fingerprint density at radius 1 is 1.19 bits per heavy atom. The van der Waals surface area contributed by atoms with E-state index in [0.717, 1.165) is 5.92 Å². The fraction of sp³-hybridized carbons (Fsp3) is 0.615. The van der Waals surface area contributed by atoms with Gasteiger partial charge in [-0.05, 0) is 5.92 Å². The summed E-state index contributed by atoms with van der Waals surface area (Å²) in [4.78, 5) is 0. The summed E-state index contributed by atoms with van der Waals surface area (Å²) in [7, 11) is 0. The molecule has 1 aliphatic carbocycles. The van der Waals surface area contributed by atoms with Gasteiger partial charge < -0.3 is 24.8 Å². The van der Waals surface area contributed by atoms with Gasteiger partial charge in [-0.25, -0.2) is 6.07 Å². The first-order valence-electron chi connectivity index (χ1n) is 5.54. The van der Waals surface area contributed by atoms with Crippen molar-refractivity contribution in [2.75, 3.05) is 0 Å². The monoisotopic (exact) mass is 335 g/mol. The van der Waals surface area contributed by atoms with Crippen LogP contribution in [0.3, 0.4) is 0 Å². The molecule has 0 heterocycles. The minimum Gasteiger partial charge on any atom is -1.00 e. The molecule has 16 heavy (non-hydrogen) atoms. The largest absolute Gasteiger partial charge is 3.00 e. The van der Waals surface area contributed by atoms with Crippen molar-refractivity contribution in [2.45, 2.75) is 51.4 Å². The molecule has 0 aromatic heterocycles. The van der Waals surface area contributed by atoms with Crippen molar-refractivity contribution >= 4 is 0 Å². The summed E-state index contributed by atoms with van der Waals surface area (Å²) in [6.45, 7) is 4.54. The molecule has 0 nitrogen and oxygen atoms in total. The Morgan fingerprint density at radius 2 is 1.75 bits per heavy atom. The summed E-state index contributed by atoms with van der Waals surface area (Å²) >= 11 is 0. The fourth-order valence-corrected chi connectivity index (χ4v) is 2.35. The van der Waals surface area contributed by atoms with E-state index in [1.807, 2.05) is 0 Å². The van der Waals surface area contributed by atoms with Crippen LogP contribution in [0.15, 0.2) is 18.2 Å². The Labute approximate surface area is 131 Å². The predicted octanol–water partition coefficient (Wildman–Crippen LogP) is -1.81. The molecule has 89 valence electrons. The minimum atomic E-state index is 0. The van der Waals surface area contributed by atoms with E-state index in [-0.39, 0.29) is 51.0 Å². The van der Waals surface area contributed by atoms with E-state index in [0.29, 0.717) is 5.92 Å². The summed E-state index contributed by atoms with van der Waals surface area (Å²) in [5.41, 5.74) is 3.11. The molecule has 1 saturated carbocycles. The first-order valence-corrected chi connectivity index (χ1v) is 5.54. The number of hydrogen-bond acceptors (Lipinski definition) is 0. The van der Waals surface area contributed by atoms with Crippen molar-refractivity contribution in [2.24, 2.45) is 0 Å². The molecular weight excluding hydrogens is 318 g/mol. The average molecular weight is 337 g/mol. The van der Waals surface area contributed by atoms with Gasteiger partial charge in [0.1, 0.15) is 0 Å². The van der Waals surface area contributed by atoms with E-state index in [2.05, 4.69) is 32.0 Å². The molecule has 1 aliphatic rings. The molecule has 0 atom stereocenters. The summed E-state index contributed by atoms with van der Waals surface area (Å²) in [6.07, 6.45) is 5.71. The molecule has 2 rings (SSSR count). The third kappa shape index (κ3) is 4.59. The van der Waals surface area contributed by atoms with Crippen molar-refractivity contribution in [3.8, 4) is 0 Å². The smallest absolute Gasteiger partial charge is 1.00 e. The van der Waals surface area contributed by atoms with Gasteiger partial charge in [-0.1, -0.05) is 45.4 Å². The van der Waals surface area contributed by atoms with Crippen LogP contribution >= 0.6 is 0 Å². The van der Waals surface area contributed by atoms with E-state index in [1.54, 1.807) is 5.56 Å². The van der Waals surface area contributed by atoms with Crippen LogP contribution in [0.25, 0.3) is 0 Å². The fourth-order valence-electron chi connectivity index (χ4n) is 2.35. The van der Waals surface area contributed by atoms with Gasteiger partial charge in [0.15, 0.2) is 0 Å². The Morgan fingerprint density at radius 3 is 2.19 bits per heavy atom. The molecule has 3 heteroatoms. The van der Waals surface area contributed by atoms with Crippen LogP contribution in [0.4, 0.5) is 0 Å². The maximum atomic E-state index is 2.42. The molecule has 1 aromatic rings. The Balaban J connectivity index is 0. The molecule has 0 unspecified atom stereocenters. The molecule has 1 fully saturated rings. The second-order valence-electron chi connectivity index (χ2n) is 4.61. The summed E-state index contributed by atoms with van der Waals surface area (Å²) in [6, 6.07) is 7.06. The van der Waals surface area contributed by atoms with Gasteiger partial charge in [0.2, 0.25) is 0 Å². The van der Waals surface area contributed by atoms with Crippen LogP contribution in [0.2, 0.25) is 0 Å². The second kappa shape index (κ2) is 8.84. The SMILES string of the molecule is CC(C)c1cc(C2CCCC2)c[cH-]1.[Cl-].[Cl-].[Zr+3]. The molecular formula is C13H19Cl2Zr. The Kier molecular flexibility index (Phi) is 10.6. The summed E-state index contributed by atoms with van der Waals surface area (Å²) in [5.74, 6) is 1.57. The number of halogens is 2. The van der Waals surface area contributed by atoms with Gasteiger partial charge in [-0.15, -0.1) is 0 Å². The molecule has 0 bridgehead atoms. The zero-order valence-electron chi connectivity index (χ0n) is 9.97. The van der Waals surface area contributed by atoms with Crippen LogP contribution in [-0.2, 0) is 26.2 Å². The van der Waals surface area contributed by atoms with Crippen molar-refractivity contribution in [3.63, 3.8) is 0 Å². The third-order valence-electron chi connectivity index (χ3n) is 3.29. The maximum absolute atomic E-state index is 2.42. The Bertz CT molecular complexity index is 275. The quantitative estimate of drug-likeness (QED) is 0.559. The number of rotatable bonds is 2. The van der Waals surface area contributed by atoms with E-state index in [1.165, 1.54) is 31.2 Å². The van der Waals surface area contributed by atoms with Gasteiger partial charge >= 0.3 is 26.2 Å². The van der Waals surface area contributed by atoms with E-state index < -0.39 is 0 Å². The topological polar surface area (TPSA) is 0 Å². The molecule has 0 aliphatic heterocycles. The summed E-state index contributed by atoms with van der Waals surface area (Å²) < 4.78 is 0. The van der Waals surface area contributed by atoms with Gasteiger partial charge in [-0.3, -0.25) is 0 Å². The van der Waals surface area contributed by atoms with Crippen molar-refractivity contribution < 1.29 is 51.0 Å². The molecule has 1 radical (unpaired) electrons. The second-order valence-corrected chi connectivity index (χ2v) is 4.61. The van der Waals surface area contributed by atoms with Crippen molar-refractivity contribution in [3.05, 3.63) is 29.3 Å². The first-order chi connectivity index (χ1) is 6.27. The van der Waals surface area contributed by atoms with Gasteiger partial charge in [0, 0.05) is 0 Å². The number of hydrogen-bond donors (Lipinski definition) is 0. The van der Waals surface area contributed by atoms with Crippen molar-refractivity contribution in [1.82, 2.24) is 0 Å². The molecule has 0 N–H and O–H groups in total. The molecule has 0 saturated heterocycles. The molecule has 0 amide bonds. The maximum Gasteiger partial charge on any atom is 3.00 e. The first kappa shape index (κ1) is 19.2. The van der Waals surface area contributed by atoms with E-state index in [4.69, 9.17) is 0 Å². The molecule has 1 aromatic carbocycles. The zero-order valence-corrected chi connectivity index (χ0v) is 13.9. The average Bonchev–Trinajstić information content (AvgIpc) is 2.75. The third-order valence-corrected chi connectivity index (χ3v) is 3.29. The van der Waals surface area contributed by atoms with Crippen LogP contribution < -0.4 is 24.8 Å². The van der Waals surface area contributed by atoms with Gasteiger partial charge in [0.25, 0.3) is 0 Å². The molecule has 0 spiro atoms. The van der Waals surface area contributed by atoms with Gasteiger partial charge in [0.05, 0.1) is 0 Å². The summed E-state index contributed by atoms with van der Waals surface area (Å²) in [5, 5.41) is 0. The van der Waals surface area contributed by atoms with Crippen LogP contribution in [0.5, 0.6) is 0 Å². The zero-order chi connectivity index (χ0) is 9.26. The predicted molar refractivity (Wildman–Crippen MR) is 57.3 cm³/mol. The van der Waals surface area contributed by atoms with Crippen molar-refractivity contribution in [1.29, 1.82) is 0 Å². The normalized spacial score (nSPS) is 15.2. The van der Waals surface area contributed by atoms with Gasteiger partial charge in [-0.2, -0.15) is 23.3 Å². The minimum absolute atomic E-state index is 0.